The van der Waals surface area contributed by atoms with E-state index in [4.69, 9.17) is 24.0 Å². The summed E-state index contributed by atoms with van der Waals surface area (Å²) < 4.78 is 94.2. The number of hydrogen-bond donors (Lipinski definition) is 0. The normalized spacial score (nSPS) is 3.46. The first kappa shape index (κ1) is 101. The predicted octanol–water partition coefficient (Wildman–Crippen LogP) is 25.2. The van der Waals surface area contributed by atoms with Gasteiger partial charge in [-0.15, -0.1) is 102 Å². The van der Waals surface area contributed by atoms with Gasteiger partial charge in [0.05, 0.1) is 0 Å². The second-order valence-electron chi connectivity index (χ2n) is 0.500. The van der Waals surface area contributed by atoms with Crippen LogP contribution in [0.1, 0.15) is 242 Å². The molecule has 0 amide bonds. The molecule has 0 aliphatic carbocycles. The molecule has 0 bridgehead atoms. The lowest BCUT2D eigenvalue weighted by atomic mass is 10.9. The van der Waals surface area contributed by atoms with Crippen LogP contribution in [0.15, 0.2) is 0 Å². The maximum atomic E-state index is 6.09. The Labute approximate surface area is 346 Å². The molecule has 0 spiro atoms. The minimum absolute atomic E-state index is 0. The minimum Gasteiger partial charge on any atom is -0.124 e. The molecule has 39 heavy (non-hydrogen) atoms. The molecule has 0 nitrogen and oxygen atoms in total. The molecule has 0 heterocycles. The standard InChI is InChI=1S/2C3H4.6C2H2.21CH4.37H2/c2*1-3-2;6*1-2;;;;;;;;;;;;;;;;;;;;;;;;;;;;;;;;;;;;;;;;;;;;;;;;;;;;;;;;;;/h2*1H,2H3;6*1-2H;21*1H4;37*1H/i2*1T;;;;;;;1T2;7*1T;;;;;;;;;;;;;;3*1+2T;34*1+2. The quantitative estimate of drug-likeness (QED) is 0.216. The van der Waals surface area contributed by atoms with Crippen LogP contribution < -0.4 is 0 Å². The van der Waals surface area contributed by atoms with Gasteiger partial charge < -0.3 is 0 Å². The summed E-state index contributed by atoms with van der Waals surface area (Å²) in [5.41, 5.74) is 0. The van der Waals surface area contributed by atoms with E-state index in [2.05, 4.69) is 88.9 Å². The average molecular weight is 750 g/mol. The third-order valence-electron chi connectivity index (χ3n) is 0. The van der Waals surface area contributed by atoms with E-state index in [-0.39, 0.29) is 152 Å². The van der Waals surface area contributed by atoms with Gasteiger partial charge in [-0.1, -0.05) is 156 Å². The fourth-order valence-corrected chi connectivity index (χ4v) is 0. The predicted molar refractivity (Wildman–Crippen MR) is 308 cm³/mol. The third-order valence-corrected chi connectivity index (χ3v) is 0. The van der Waals surface area contributed by atoms with E-state index in [1.54, 1.807) is 13.8 Å². The van der Waals surface area contributed by atoms with Gasteiger partial charge in [0.15, 0.2) is 0 Å². The summed E-state index contributed by atoms with van der Waals surface area (Å²) in [7, 11) is 8.50. The highest BCUT2D eigenvalue weighted by Crippen LogP contribution is 1.22. The molecule has 0 atom stereocenters. The highest BCUT2D eigenvalue weighted by Gasteiger charge is 1.09. The van der Waals surface area contributed by atoms with Crippen molar-refractivity contribution in [3.05, 3.63) is 0 Å². The molecule has 0 saturated heterocycles. The summed E-state index contributed by atoms with van der Waals surface area (Å²) in [6, 6.07) is 0. The van der Waals surface area contributed by atoms with Crippen LogP contribution in [0.4, 0.5) is 0 Å². The zero-order chi connectivity index (χ0) is 41.5. The smallest absolute Gasteiger partial charge is 0.124 e. The molecule has 0 aromatic carbocycles. The van der Waals surface area contributed by atoms with E-state index in [9.17, 15) is 0 Å². The number of hydrogen-bond acceptors (Lipinski definition) is 0. The van der Waals surface area contributed by atoms with Crippen molar-refractivity contribution >= 4 is 0 Å². The van der Waals surface area contributed by atoms with E-state index in [0.717, 1.165) is 0 Å². The lowest BCUT2D eigenvalue weighted by Gasteiger charge is -1.23. The number of terminal acetylenes is 8. The van der Waals surface area contributed by atoms with Crippen molar-refractivity contribution in [2.45, 2.75) is 170 Å². The Morgan fingerprint density at radius 3 is 0.410 bits per heavy atom. The summed E-state index contributed by atoms with van der Waals surface area (Å²) in [6.07, 6.45) is 51.9. The molecule has 0 unspecified atom stereocenters. The van der Waals surface area contributed by atoms with Gasteiger partial charge in [0.25, 0.3) is 0 Å². The first-order chi connectivity index (χ1) is 21.2. The lowest BCUT2D eigenvalue weighted by molar-refractivity contribution is 1.94. The van der Waals surface area contributed by atoms with Gasteiger partial charge in [-0.25, -0.2) is 0 Å². The average Bonchev–Trinajstić information content (AvgIpc) is 3.21. The molecule has 0 aliphatic heterocycles. The van der Waals surface area contributed by atoms with Crippen LogP contribution in [-0.2, 0) is 0 Å². The molecule has 0 aliphatic rings. The van der Waals surface area contributed by atoms with Gasteiger partial charge in [0, 0.05) is 69.8 Å². The monoisotopic (exact) mass is 750 g/mol. The SMILES string of the molecule is C.C.C.C.C.C.C.C.C.C.C.C.C.C#C.C#C.C#C.C#C.C#C.C#C.[3HH].[3HH].[3HH].[3HH].[3HH].[3HH].[3HH].[3HH].[3HH].[3HH].[3HH].[3HH].[3HH].[3HH].[3HH].[3HH].[3HH].[3HH].[3HH].[3HH].[3HH].[3HH].[3HH].[3HH].[3HH].[3HH].[3HH].[3HH].[3HH].[3HH].[3HH].[3HH].[3HH].[3HH].[3H]C.[3H]C.[3H]C.[3H]C.[3H]C.[3H]C.[3H]C.[3H]C#CC.[3H]C#CC.[3H]C[3H].[3H][3H].[3H][3H].[3H][3H]. The topological polar surface area (TPSA) is 0 Å². The van der Waals surface area contributed by atoms with Crippen molar-refractivity contribution in [3.8, 4) is 102 Å². The van der Waals surface area contributed by atoms with Gasteiger partial charge >= 0.3 is 0 Å². The molecule has 0 rings (SSSR count). The van der Waals surface area contributed by atoms with Crippen LogP contribution in [0.5, 0.6) is 0 Å². The third kappa shape index (κ3) is 2940. The second kappa shape index (κ2) is 16700. The summed E-state index contributed by atoms with van der Waals surface area (Å²) >= 11 is 0. The van der Waals surface area contributed by atoms with Gasteiger partial charge in [0.1, 0.15) is 2.74 Å². The van der Waals surface area contributed by atoms with Crippen molar-refractivity contribution in [2.75, 3.05) is 0 Å². The summed E-state index contributed by atoms with van der Waals surface area (Å²) in [5.74, 6) is 4.69. The molecular formula is C39H178. The fraction of sp³-hybridized carbons (Fsp3) is 0.590. The molecule has 0 N–H and O–H groups in total. The van der Waals surface area contributed by atoms with Crippen molar-refractivity contribution in [1.29, 1.82) is 0 Å². The van der Waals surface area contributed by atoms with E-state index in [0.29, 0.717) is 0 Å². The Morgan fingerprint density at radius 1 is 0.385 bits per heavy atom. The molecule has 0 aromatic rings. The van der Waals surface area contributed by atoms with E-state index in [1.165, 1.54) is 51.8 Å². The molecule has 0 fully saturated rings. The van der Waals surface area contributed by atoms with Crippen LogP contribution in [0.2, 0.25) is 0 Å². The summed E-state index contributed by atoms with van der Waals surface area (Å²) in [5, 5.41) is 0. The summed E-state index contributed by atoms with van der Waals surface area (Å²) in [6.45, 7) is 3.26. The lowest BCUT2D eigenvalue weighted by Crippen LogP contribution is -1.10. The molecule has 0 aromatic heterocycles. The van der Waals surface area contributed by atoms with Crippen LogP contribution in [-0.4, -0.2) is 0 Å². The van der Waals surface area contributed by atoms with E-state index >= 15 is 0 Å². The zero-order valence-corrected chi connectivity index (χ0v) is 18.6. The van der Waals surface area contributed by atoms with Gasteiger partial charge in [-0.3, -0.25) is 0 Å². The molecular weight excluding hydrogens is 468 g/mol. The molecule has 0 radical (unpaired) electrons. The van der Waals surface area contributed by atoms with Gasteiger partial charge in [-0.2, -0.15) is 0 Å². The first-order valence-electron chi connectivity index (χ1n) is 15.9. The van der Waals surface area contributed by atoms with Crippen LogP contribution in [0.3, 0.4) is 0 Å². The van der Waals surface area contributed by atoms with Gasteiger partial charge in [-0.05, 0) is 13.8 Å². The Kier molecular flexibility index (Phi) is 43100. The first-order valence-corrected chi connectivity index (χ1v) is 3.50. The van der Waals surface area contributed by atoms with Crippen LogP contribution in [0, 0.1) is 102 Å². The van der Waals surface area contributed by atoms with Crippen molar-refractivity contribution in [2.24, 2.45) is 0 Å². The van der Waals surface area contributed by atoms with Crippen molar-refractivity contribution < 1.29 is 72.5 Å². The van der Waals surface area contributed by atoms with Crippen molar-refractivity contribution in [1.82, 2.24) is 0 Å². The Balaban J connectivity index is -0.00000000103. The van der Waals surface area contributed by atoms with E-state index < -0.39 is 0 Å². The Bertz CT molecular complexity index is 341. The zero-order valence-electron chi connectivity index (χ0n) is 35.6. The maximum absolute atomic E-state index is 6.09. The highest BCUT2D eigenvalue weighted by molar-refractivity contribution is 4.74. The summed E-state index contributed by atoms with van der Waals surface area (Å²) in [4.78, 5) is 0. The fourth-order valence-electron chi connectivity index (χ4n) is 0. The van der Waals surface area contributed by atoms with Crippen molar-refractivity contribution in [3.63, 3.8) is 0 Å². The number of rotatable bonds is 0. The van der Waals surface area contributed by atoms with Crippen LogP contribution >= 0.6 is 0 Å². The van der Waals surface area contributed by atoms with E-state index in [1.807, 2.05) is 12.8 Å². The van der Waals surface area contributed by atoms with Crippen LogP contribution in [0.25, 0.3) is 0 Å². The highest BCUT2D eigenvalue weighted by atomic mass is 13.2. The Morgan fingerprint density at radius 2 is 0.410 bits per heavy atom. The molecule has 334 valence electrons. The molecule has 0 heteroatoms. The largest absolute Gasteiger partial charge is 0.124 e. The Hall–Kier alpha value is -3.52. The maximum Gasteiger partial charge on any atom is 0.124 e. The second-order valence-corrected chi connectivity index (χ2v) is 0.500. The minimum atomic E-state index is -0.250. The molecule has 0 saturated carbocycles. The van der Waals surface area contributed by atoms with Gasteiger partial charge in [0.2, 0.25) is 0 Å².